The van der Waals surface area contributed by atoms with E-state index < -0.39 is 19.5 Å². The molecule has 5 heteroatoms. The molecular formula is C23H32O4Si. The minimum Gasteiger partial charge on any atom is -0.425 e. The number of ketones is 1. The van der Waals surface area contributed by atoms with Crippen molar-refractivity contribution in [1.29, 1.82) is 0 Å². The fourth-order valence-electron chi connectivity index (χ4n) is 5.68. The van der Waals surface area contributed by atoms with Gasteiger partial charge in [-0.3, -0.25) is 9.59 Å². The van der Waals surface area contributed by atoms with Crippen LogP contribution in [0.25, 0.3) is 0 Å². The first-order valence-corrected chi connectivity index (χ1v) is 13.3. The van der Waals surface area contributed by atoms with Gasteiger partial charge in [0, 0.05) is 11.0 Å². The van der Waals surface area contributed by atoms with Crippen LogP contribution < -0.4 is 0 Å². The van der Waals surface area contributed by atoms with E-state index in [4.69, 9.17) is 9.16 Å². The van der Waals surface area contributed by atoms with Crippen LogP contribution in [0.1, 0.15) is 69.8 Å². The normalized spacial score (nSPS) is 37.3. The Morgan fingerprint density at radius 3 is 2.32 bits per heavy atom. The van der Waals surface area contributed by atoms with E-state index in [2.05, 4.69) is 46.9 Å². The lowest BCUT2D eigenvalue weighted by Crippen LogP contribution is -2.65. The fraction of sp³-hybridized carbons (Fsp3) is 0.652. The molecule has 4 nitrogen and oxygen atoms in total. The Hall–Kier alpha value is -1.46. The molecule has 0 bridgehead atoms. The molecule has 0 spiro atoms. The maximum absolute atomic E-state index is 13.9. The molecule has 0 unspecified atom stereocenters. The number of carbonyl (C=O) groups is 2. The first-order chi connectivity index (χ1) is 12.8. The average Bonchev–Trinajstić information content (AvgIpc) is 2.81. The van der Waals surface area contributed by atoms with E-state index in [-0.39, 0.29) is 28.1 Å². The summed E-state index contributed by atoms with van der Waals surface area (Å²) in [7, 11) is -2.39. The molecule has 0 radical (unpaired) electrons. The van der Waals surface area contributed by atoms with Crippen LogP contribution >= 0.6 is 0 Å². The van der Waals surface area contributed by atoms with E-state index in [9.17, 15) is 9.59 Å². The van der Waals surface area contributed by atoms with Crippen LogP contribution in [0.2, 0.25) is 18.1 Å². The van der Waals surface area contributed by atoms with Gasteiger partial charge in [0.25, 0.3) is 5.79 Å². The van der Waals surface area contributed by atoms with Gasteiger partial charge in [-0.15, -0.1) is 0 Å². The number of carbonyl (C=O) groups excluding carboxylic acids is 2. The second-order valence-corrected chi connectivity index (χ2v) is 15.6. The lowest BCUT2D eigenvalue weighted by molar-refractivity contribution is -0.180. The minimum absolute atomic E-state index is 0.102. The standard InChI is InChI=1S/C23H32O4Si/c1-20(2,3)28(6,7)27-23-17(24)15-11-8-9-12-16(15)21(4)13-10-14-22(5,18(21)23)19(25)26-23/h8-9,11-12,18H,10,13-14H2,1-7H3/t18-,21-,22+,23+/m1/s1. The molecule has 2 aliphatic carbocycles. The highest BCUT2D eigenvalue weighted by molar-refractivity contribution is 6.74. The Morgan fingerprint density at radius 2 is 1.68 bits per heavy atom. The summed E-state index contributed by atoms with van der Waals surface area (Å²) in [6, 6.07) is 7.80. The van der Waals surface area contributed by atoms with Crippen LogP contribution in [0, 0.1) is 11.3 Å². The summed E-state index contributed by atoms with van der Waals surface area (Å²) in [5.74, 6) is -2.25. The predicted molar refractivity (Wildman–Crippen MR) is 111 cm³/mol. The van der Waals surface area contributed by atoms with Gasteiger partial charge in [0.2, 0.25) is 5.78 Å². The molecule has 0 aromatic heterocycles. The van der Waals surface area contributed by atoms with Crippen molar-refractivity contribution in [3.05, 3.63) is 35.4 Å². The van der Waals surface area contributed by atoms with Gasteiger partial charge in [0.1, 0.15) is 0 Å². The Balaban J connectivity index is 1.99. The van der Waals surface area contributed by atoms with Gasteiger partial charge < -0.3 is 9.16 Å². The number of rotatable bonds is 2. The maximum Gasteiger partial charge on any atom is 0.315 e. The molecular weight excluding hydrogens is 368 g/mol. The molecule has 1 saturated carbocycles. The minimum atomic E-state index is -2.39. The molecule has 1 aliphatic heterocycles. The van der Waals surface area contributed by atoms with Gasteiger partial charge in [-0.25, -0.2) is 0 Å². The molecule has 1 aromatic carbocycles. The molecule has 2 fully saturated rings. The van der Waals surface area contributed by atoms with Crippen LogP contribution in [-0.2, 0) is 19.4 Å². The quantitative estimate of drug-likeness (QED) is 0.504. The van der Waals surface area contributed by atoms with Crippen molar-refractivity contribution in [3.63, 3.8) is 0 Å². The highest BCUT2D eigenvalue weighted by atomic mass is 28.4. The van der Waals surface area contributed by atoms with Gasteiger partial charge in [-0.05, 0) is 43.5 Å². The van der Waals surface area contributed by atoms with Gasteiger partial charge in [0.05, 0.1) is 11.3 Å². The van der Waals surface area contributed by atoms with Crippen molar-refractivity contribution in [1.82, 2.24) is 0 Å². The van der Waals surface area contributed by atoms with Crippen molar-refractivity contribution < 1.29 is 18.8 Å². The second kappa shape index (κ2) is 5.57. The van der Waals surface area contributed by atoms with Crippen molar-refractivity contribution in [2.45, 2.75) is 83.2 Å². The van der Waals surface area contributed by atoms with E-state index in [0.29, 0.717) is 5.56 Å². The fourth-order valence-corrected chi connectivity index (χ4v) is 7.00. The first-order valence-electron chi connectivity index (χ1n) is 10.4. The zero-order valence-electron chi connectivity index (χ0n) is 18.1. The molecule has 1 heterocycles. The summed E-state index contributed by atoms with van der Waals surface area (Å²) < 4.78 is 12.9. The van der Waals surface area contributed by atoms with E-state index in [1.165, 1.54) is 0 Å². The van der Waals surface area contributed by atoms with Gasteiger partial charge >= 0.3 is 5.97 Å². The second-order valence-electron chi connectivity index (χ2n) is 10.9. The number of esters is 1. The van der Waals surface area contributed by atoms with Crippen molar-refractivity contribution >= 4 is 20.1 Å². The smallest absolute Gasteiger partial charge is 0.315 e. The van der Waals surface area contributed by atoms with Crippen LogP contribution in [0.3, 0.4) is 0 Å². The number of fused-ring (bicyclic) bond motifs is 2. The number of hydrogen-bond acceptors (Lipinski definition) is 4. The molecule has 28 heavy (non-hydrogen) atoms. The van der Waals surface area contributed by atoms with Crippen LogP contribution in [0.15, 0.2) is 24.3 Å². The Kier molecular flexibility index (Phi) is 3.95. The van der Waals surface area contributed by atoms with Crippen LogP contribution in [0.4, 0.5) is 0 Å². The SMILES string of the molecule is CC(C)(C)[Si](C)(C)O[C@@]12OC(=O)[C@@]3(C)CCC[C@](C)(c4ccccc4C1=O)[C@@H]23. The first kappa shape index (κ1) is 19.8. The monoisotopic (exact) mass is 400 g/mol. The molecule has 1 aromatic rings. The molecule has 4 atom stereocenters. The molecule has 1 saturated heterocycles. The number of ether oxygens (including phenoxy) is 1. The third-order valence-corrected chi connectivity index (χ3v) is 12.5. The van der Waals surface area contributed by atoms with Crippen LogP contribution in [-0.4, -0.2) is 25.9 Å². The van der Waals surface area contributed by atoms with Gasteiger partial charge in [0.15, 0.2) is 8.32 Å². The molecule has 0 amide bonds. The maximum atomic E-state index is 13.9. The summed E-state index contributed by atoms with van der Waals surface area (Å²) in [4.78, 5) is 27.1. The summed E-state index contributed by atoms with van der Waals surface area (Å²) in [5.41, 5.74) is 0.674. The lowest BCUT2D eigenvalue weighted by Gasteiger charge is -2.56. The zero-order valence-corrected chi connectivity index (χ0v) is 19.1. The Bertz CT molecular complexity index is 870. The third kappa shape index (κ3) is 2.26. The largest absolute Gasteiger partial charge is 0.425 e. The topological polar surface area (TPSA) is 52.6 Å². The number of benzene rings is 1. The molecule has 4 rings (SSSR count). The summed E-state index contributed by atoms with van der Waals surface area (Å²) in [5, 5.41) is -0.102. The zero-order chi connectivity index (χ0) is 20.8. The van der Waals surface area contributed by atoms with Gasteiger partial charge in [-0.1, -0.05) is 58.4 Å². The Labute approximate surface area is 169 Å². The summed E-state index contributed by atoms with van der Waals surface area (Å²) in [6.45, 7) is 14.9. The van der Waals surface area contributed by atoms with Crippen LogP contribution in [0.5, 0.6) is 0 Å². The van der Waals surface area contributed by atoms with E-state index >= 15 is 0 Å². The van der Waals surface area contributed by atoms with E-state index in [1.54, 1.807) is 0 Å². The Morgan fingerprint density at radius 1 is 1.07 bits per heavy atom. The van der Waals surface area contributed by atoms with E-state index in [0.717, 1.165) is 24.8 Å². The average molecular weight is 401 g/mol. The van der Waals surface area contributed by atoms with Crippen molar-refractivity contribution in [3.8, 4) is 0 Å². The predicted octanol–water partition coefficient (Wildman–Crippen LogP) is 5.22. The number of hydrogen-bond donors (Lipinski definition) is 0. The third-order valence-electron chi connectivity index (χ3n) is 8.07. The molecule has 0 N–H and O–H groups in total. The summed E-state index contributed by atoms with van der Waals surface area (Å²) >= 11 is 0. The highest BCUT2D eigenvalue weighted by Crippen LogP contribution is 2.66. The number of Topliss-reactive ketones (excluding diaryl/α,β-unsaturated/α-hetero) is 1. The molecule has 152 valence electrons. The van der Waals surface area contributed by atoms with Crippen molar-refractivity contribution in [2.24, 2.45) is 11.3 Å². The molecule has 3 aliphatic rings. The van der Waals surface area contributed by atoms with E-state index in [1.807, 2.05) is 25.1 Å². The lowest BCUT2D eigenvalue weighted by atomic mass is 9.49. The van der Waals surface area contributed by atoms with Gasteiger partial charge in [-0.2, -0.15) is 0 Å². The highest BCUT2D eigenvalue weighted by Gasteiger charge is 2.76. The summed E-state index contributed by atoms with van der Waals surface area (Å²) in [6.07, 6.45) is 2.61. The van der Waals surface area contributed by atoms with Crippen molar-refractivity contribution in [2.75, 3.05) is 0 Å².